The fourth-order valence-electron chi connectivity index (χ4n) is 3.80. The van der Waals surface area contributed by atoms with Gasteiger partial charge in [0.1, 0.15) is 0 Å². The summed E-state index contributed by atoms with van der Waals surface area (Å²) in [5.41, 5.74) is 3.41. The molecule has 1 fully saturated rings. The van der Waals surface area contributed by atoms with Crippen LogP contribution < -0.4 is 10.6 Å². The molecular formula is C24H31N3O3. The molecule has 30 heavy (non-hydrogen) atoms. The number of anilines is 1. The number of ether oxygens (including phenoxy) is 1. The highest BCUT2D eigenvalue weighted by Gasteiger charge is 2.37. The van der Waals surface area contributed by atoms with Crippen LogP contribution in [-0.2, 0) is 4.74 Å². The molecule has 6 nitrogen and oxygen atoms in total. The van der Waals surface area contributed by atoms with Crippen LogP contribution in [-0.4, -0.2) is 49.2 Å². The zero-order valence-electron chi connectivity index (χ0n) is 18.0. The van der Waals surface area contributed by atoms with Crippen molar-refractivity contribution < 1.29 is 14.3 Å². The number of carbonyl (C=O) groups excluding carboxylic acids is 2. The average Bonchev–Trinajstić information content (AvgIpc) is 2.76. The first kappa shape index (κ1) is 21.8. The Morgan fingerprint density at radius 3 is 2.37 bits per heavy atom. The van der Waals surface area contributed by atoms with E-state index in [0.717, 1.165) is 11.3 Å². The van der Waals surface area contributed by atoms with E-state index in [2.05, 4.69) is 17.6 Å². The molecule has 0 atom stereocenters. The zero-order chi connectivity index (χ0) is 21.6. The summed E-state index contributed by atoms with van der Waals surface area (Å²) in [6.07, 6.45) is 2.10. The molecule has 1 saturated heterocycles. The van der Waals surface area contributed by atoms with Crippen molar-refractivity contribution in [1.82, 2.24) is 10.2 Å². The van der Waals surface area contributed by atoms with E-state index < -0.39 is 0 Å². The molecule has 3 amide bonds. The van der Waals surface area contributed by atoms with E-state index >= 15 is 0 Å². The lowest BCUT2D eigenvalue weighted by Gasteiger charge is -2.42. The lowest BCUT2D eigenvalue weighted by molar-refractivity contribution is 0.0754. The van der Waals surface area contributed by atoms with Crippen molar-refractivity contribution in [3.05, 3.63) is 65.2 Å². The highest BCUT2D eigenvalue weighted by atomic mass is 16.5. The van der Waals surface area contributed by atoms with E-state index in [4.69, 9.17) is 4.74 Å². The number of amides is 3. The van der Waals surface area contributed by atoms with Crippen molar-refractivity contribution in [2.75, 3.05) is 32.1 Å². The number of hydrogen-bond acceptors (Lipinski definition) is 3. The Labute approximate surface area is 178 Å². The van der Waals surface area contributed by atoms with Crippen LogP contribution >= 0.6 is 0 Å². The number of urea groups is 1. The normalized spacial score (nSPS) is 15.5. The van der Waals surface area contributed by atoms with Crippen molar-refractivity contribution in [1.29, 1.82) is 0 Å². The number of piperidine rings is 1. The second-order valence-electron chi connectivity index (χ2n) is 8.06. The van der Waals surface area contributed by atoms with Gasteiger partial charge < -0.3 is 20.3 Å². The average molecular weight is 410 g/mol. The Kier molecular flexibility index (Phi) is 7.11. The van der Waals surface area contributed by atoms with Gasteiger partial charge in [0.25, 0.3) is 5.91 Å². The van der Waals surface area contributed by atoms with Crippen LogP contribution in [0.15, 0.2) is 48.5 Å². The van der Waals surface area contributed by atoms with Gasteiger partial charge in [0, 0.05) is 43.6 Å². The number of nitrogens with zero attached hydrogens (tertiary/aromatic N) is 1. The number of carbonyl (C=O) groups is 2. The minimum Gasteiger partial charge on any atom is -0.385 e. The number of nitrogens with one attached hydrogen (secondary N) is 2. The Morgan fingerprint density at radius 2 is 1.73 bits per heavy atom. The molecule has 0 saturated carbocycles. The summed E-state index contributed by atoms with van der Waals surface area (Å²) >= 11 is 0. The molecular weight excluding hydrogens is 378 g/mol. The molecule has 0 radical (unpaired) electrons. The molecule has 3 rings (SSSR count). The van der Waals surface area contributed by atoms with Crippen LogP contribution in [0.4, 0.5) is 10.5 Å². The summed E-state index contributed by atoms with van der Waals surface area (Å²) in [6, 6.07) is 15.0. The molecule has 0 bridgehead atoms. The molecule has 0 aliphatic carbocycles. The molecule has 1 heterocycles. The summed E-state index contributed by atoms with van der Waals surface area (Å²) in [5, 5.41) is 6.22. The van der Waals surface area contributed by atoms with Crippen molar-refractivity contribution in [3.63, 3.8) is 0 Å². The first-order chi connectivity index (χ1) is 14.4. The van der Waals surface area contributed by atoms with Crippen molar-refractivity contribution >= 4 is 17.6 Å². The van der Waals surface area contributed by atoms with Crippen molar-refractivity contribution in [2.24, 2.45) is 0 Å². The predicted molar refractivity (Wildman–Crippen MR) is 119 cm³/mol. The van der Waals surface area contributed by atoms with Gasteiger partial charge in [-0.15, -0.1) is 0 Å². The van der Waals surface area contributed by atoms with Crippen LogP contribution in [0.1, 0.15) is 40.7 Å². The van der Waals surface area contributed by atoms with Gasteiger partial charge in [-0.25, -0.2) is 4.79 Å². The zero-order valence-corrected chi connectivity index (χ0v) is 18.0. The number of hydrogen-bond donors (Lipinski definition) is 2. The van der Waals surface area contributed by atoms with Gasteiger partial charge >= 0.3 is 6.03 Å². The largest absolute Gasteiger partial charge is 0.385 e. The highest BCUT2D eigenvalue weighted by molar-refractivity contribution is 5.94. The molecule has 2 aromatic carbocycles. The summed E-state index contributed by atoms with van der Waals surface area (Å²) in [6.45, 7) is 5.80. The maximum atomic E-state index is 12.8. The van der Waals surface area contributed by atoms with Crippen molar-refractivity contribution in [3.8, 4) is 0 Å². The smallest absolute Gasteiger partial charge is 0.321 e. The molecule has 6 heteroatoms. The fourth-order valence-corrected chi connectivity index (χ4v) is 3.80. The Balaban J connectivity index is 1.63. The number of rotatable bonds is 6. The highest BCUT2D eigenvalue weighted by Crippen LogP contribution is 2.27. The third-order valence-electron chi connectivity index (χ3n) is 5.97. The third-order valence-corrected chi connectivity index (χ3v) is 5.97. The van der Waals surface area contributed by atoms with E-state index in [-0.39, 0.29) is 17.5 Å². The van der Waals surface area contributed by atoms with Gasteiger partial charge in [-0.3, -0.25) is 4.79 Å². The minimum atomic E-state index is -0.375. The summed E-state index contributed by atoms with van der Waals surface area (Å²) < 4.78 is 5.29. The van der Waals surface area contributed by atoms with E-state index in [9.17, 15) is 9.59 Å². The molecule has 160 valence electrons. The first-order valence-electron chi connectivity index (χ1n) is 10.4. The minimum absolute atomic E-state index is 0.0836. The molecule has 1 aliphatic heterocycles. The molecule has 0 unspecified atom stereocenters. The molecule has 0 aromatic heterocycles. The van der Waals surface area contributed by atoms with E-state index in [1.165, 1.54) is 5.56 Å². The number of methoxy groups -OCH3 is 1. The first-order valence-corrected chi connectivity index (χ1v) is 10.4. The quantitative estimate of drug-likeness (QED) is 0.753. The van der Waals surface area contributed by atoms with Gasteiger partial charge in [0.15, 0.2) is 0 Å². The Morgan fingerprint density at radius 1 is 1.03 bits per heavy atom. The lowest BCUT2D eigenvalue weighted by Crippen LogP contribution is -2.57. The predicted octanol–water partition coefficient (Wildman–Crippen LogP) is 4.14. The number of benzene rings is 2. The third kappa shape index (κ3) is 5.39. The van der Waals surface area contributed by atoms with Crippen molar-refractivity contribution in [2.45, 2.75) is 38.6 Å². The maximum Gasteiger partial charge on any atom is 0.321 e. The molecule has 0 spiro atoms. The maximum absolute atomic E-state index is 12.8. The van der Waals surface area contributed by atoms with E-state index in [0.29, 0.717) is 44.5 Å². The summed E-state index contributed by atoms with van der Waals surface area (Å²) in [5.74, 6) is -0.0836. The van der Waals surface area contributed by atoms with E-state index in [1.54, 1.807) is 7.11 Å². The summed E-state index contributed by atoms with van der Waals surface area (Å²) in [7, 11) is 1.67. The molecule has 2 aromatic rings. The summed E-state index contributed by atoms with van der Waals surface area (Å²) in [4.78, 5) is 27.3. The van der Waals surface area contributed by atoms with Gasteiger partial charge in [-0.2, -0.15) is 0 Å². The SMILES string of the molecule is COCCC1(NC(=O)c2ccccc2)CCN(C(=O)Nc2ccc(C)c(C)c2)CC1. The second-order valence-corrected chi connectivity index (χ2v) is 8.06. The fraction of sp³-hybridized carbons (Fsp3) is 0.417. The Bertz CT molecular complexity index is 875. The van der Waals surface area contributed by atoms with Gasteiger partial charge in [0.2, 0.25) is 0 Å². The van der Waals surface area contributed by atoms with Crippen LogP contribution in [0.25, 0.3) is 0 Å². The van der Waals surface area contributed by atoms with Crippen LogP contribution in [0.2, 0.25) is 0 Å². The molecule has 2 N–H and O–H groups in total. The number of aryl methyl sites for hydroxylation is 2. The van der Waals surface area contributed by atoms with Gasteiger partial charge in [-0.05, 0) is 68.5 Å². The second kappa shape index (κ2) is 9.76. The Hall–Kier alpha value is -2.86. The lowest BCUT2D eigenvalue weighted by atomic mass is 9.84. The topological polar surface area (TPSA) is 70.7 Å². The number of likely N-dealkylation sites (tertiary alicyclic amines) is 1. The standard InChI is InChI=1S/C24H31N3O3/c1-18-9-10-21(17-19(18)2)25-23(29)27-14-11-24(12-15-27,13-16-30-3)26-22(28)20-7-5-4-6-8-20/h4-10,17H,11-16H2,1-3H3,(H,25,29)(H,26,28). The van der Waals surface area contributed by atoms with Crippen LogP contribution in [0.5, 0.6) is 0 Å². The van der Waals surface area contributed by atoms with Crippen LogP contribution in [0.3, 0.4) is 0 Å². The van der Waals surface area contributed by atoms with Gasteiger partial charge in [0.05, 0.1) is 0 Å². The van der Waals surface area contributed by atoms with E-state index in [1.807, 2.05) is 60.4 Å². The molecule has 1 aliphatic rings. The van der Waals surface area contributed by atoms with Crippen LogP contribution in [0, 0.1) is 13.8 Å². The monoisotopic (exact) mass is 409 g/mol. The van der Waals surface area contributed by atoms with Gasteiger partial charge in [-0.1, -0.05) is 24.3 Å².